The Morgan fingerprint density at radius 2 is 2.10 bits per heavy atom. The molecule has 0 fully saturated rings. The van der Waals surface area contributed by atoms with Crippen LogP contribution in [0.2, 0.25) is 0 Å². The molecule has 0 amide bonds. The number of nitro groups is 1. The highest BCUT2D eigenvalue weighted by Gasteiger charge is 2.26. The highest BCUT2D eigenvalue weighted by molar-refractivity contribution is 7.90. The summed E-state index contributed by atoms with van der Waals surface area (Å²) in [4.78, 5) is 10.6. The minimum Gasteiger partial charge on any atom is -0.361 e. The van der Waals surface area contributed by atoms with Crippen LogP contribution < -0.4 is 5.32 Å². The molecule has 114 valence electrons. The molecule has 0 saturated heterocycles. The third-order valence-electron chi connectivity index (χ3n) is 2.65. The first-order valence-electron chi connectivity index (χ1n) is 6.31. The predicted octanol–water partition coefficient (Wildman–Crippen LogP) is 1.35. The molecule has 0 spiro atoms. The fraction of sp³-hybridized carbons (Fsp3) is 0.727. The Balaban J connectivity index is 3.11. The fourth-order valence-corrected chi connectivity index (χ4v) is 3.03. The molecule has 1 rings (SSSR count). The van der Waals surface area contributed by atoms with Gasteiger partial charge < -0.3 is 5.32 Å². The van der Waals surface area contributed by atoms with Gasteiger partial charge in [0, 0.05) is 18.8 Å². The van der Waals surface area contributed by atoms with Crippen LogP contribution in [0, 0.1) is 17.0 Å². The lowest BCUT2D eigenvalue weighted by Gasteiger charge is -2.14. The summed E-state index contributed by atoms with van der Waals surface area (Å²) in [5.74, 6) is 0.172. The molecule has 1 aromatic rings. The van der Waals surface area contributed by atoms with Gasteiger partial charge in [-0.15, -0.1) is 0 Å². The Morgan fingerprint density at radius 3 is 2.55 bits per heavy atom. The van der Waals surface area contributed by atoms with E-state index < -0.39 is 20.8 Å². The Bertz CT molecular complexity index is 594. The second-order valence-corrected chi connectivity index (χ2v) is 7.09. The van der Waals surface area contributed by atoms with Gasteiger partial charge in [0.2, 0.25) is 5.82 Å². The zero-order chi connectivity index (χ0) is 15.5. The molecular formula is C11H20N4O4S. The number of nitrogens with one attached hydrogen (secondary N) is 1. The van der Waals surface area contributed by atoms with E-state index >= 15 is 0 Å². The lowest BCUT2D eigenvalue weighted by atomic mass is 10.3. The molecule has 1 aromatic heterocycles. The van der Waals surface area contributed by atoms with Crippen LogP contribution in [-0.4, -0.2) is 41.2 Å². The van der Waals surface area contributed by atoms with E-state index in [0.717, 1.165) is 12.7 Å². The predicted molar refractivity (Wildman–Crippen MR) is 76.7 cm³/mol. The third-order valence-corrected chi connectivity index (χ3v) is 3.76. The molecule has 9 heteroatoms. The van der Waals surface area contributed by atoms with E-state index in [9.17, 15) is 18.5 Å². The van der Waals surface area contributed by atoms with Crippen molar-refractivity contribution in [3.8, 4) is 0 Å². The van der Waals surface area contributed by atoms with Gasteiger partial charge in [-0.05, 0) is 20.3 Å². The number of hydrogen-bond donors (Lipinski definition) is 1. The Kier molecular flexibility index (Phi) is 5.09. The number of anilines is 1. The maximum atomic E-state index is 11.3. The van der Waals surface area contributed by atoms with Gasteiger partial charge in [-0.25, -0.2) is 13.1 Å². The zero-order valence-electron chi connectivity index (χ0n) is 12.1. The van der Waals surface area contributed by atoms with Crippen molar-refractivity contribution in [1.82, 2.24) is 9.78 Å². The third kappa shape index (κ3) is 4.19. The number of aryl methyl sites for hydroxylation is 2. The van der Waals surface area contributed by atoms with Gasteiger partial charge in [0.25, 0.3) is 0 Å². The van der Waals surface area contributed by atoms with Gasteiger partial charge in [0.05, 0.1) is 10.7 Å². The maximum absolute atomic E-state index is 11.3. The van der Waals surface area contributed by atoms with Crippen molar-refractivity contribution >= 4 is 21.3 Å². The summed E-state index contributed by atoms with van der Waals surface area (Å²) >= 11 is 0. The van der Waals surface area contributed by atoms with Gasteiger partial charge in [-0.2, -0.15) is 5.10 Å². The molecule has 20 heavy (non-hydrogen) atoms. The number of nitrogens with zero attached hydrogens (tertiary/aromatic N) is 3. The van der Waals surface area contributed by atoms with E-state index in [1.807, 2.05) is 6.92 Å². The topological polar surface area (TPSA) is 107 Å². The van der Waals surface area contributed by atoms with Crippen molar-refractivity contribution in [1.29, 1.82) is 0 Å². The molecule has 0 saturated carbocycles. The van der Waals surface area contributed by atoms with Crippen LogP contribution in [0.5, 0.6) is 0 Å². The molecule has 0 aromatic carbocycles. The fourth-order valence-electron chi connectivity index (χ4n) is 2.04. The monoisotopic (exact) mass is 304 g/mol. The average molecular weight is 304 g/mol. The summed E-state index contributed by atoms with van der Waals surface area (Å²) in [6.45, 7) is 5.70. The van der Waals surface area contributed by atoms with Crippen molar-refractivity contribution in [2.75, 3.05) is 17.3 Å². The standard InChI is InChI=1S/C11H20N4O4S/c1-5-6-14-11(10(15(16)17)9(3)13-14)12-8(2)7-20(4,18)19/h8,12H,5-7H2,1-4H3. The summed E-state index contributed by atoms with van der Waals surface area (Å²) in [5, 5.41) is 18.2. The Morgan fingerprint density at radius 1 is 1.50 bits per heavy atom. The molecule has 0 aliphatic carbocycles. The van der Waals surface area contributed by atoms with Crippen molar-refractivity contribution < 1.29 is 13.3 Å². The quantitative estimate of drug-likeness (QED) is 0.602. The first-order chi connectivity index (χ1) is 9.15. The highest BCUT2D eigenvalue weighted by atomic mass is 32.2. The number of rotatable bonds is 7. The minimum absolute atomic E-state index is 0.0967. The molecule has 1 unspecified atom stereocenters. The highest BCUT2D eigenvalue weighted by Crippen LogP contribution is 2.29. The molecule has 0 bridgehead atoms. The van der Waals surface area contributed by atoms with E-state index in [1.54, 1.807) is 13.8 Å². The van der Waals surface area contributed by atoms with Crippen molar-refractivity contribution in [3.05, 3.63) is 15.8 Å². The smallest absolute Gasteiger partial charge is 0.333 e. The van der Waals surface area contributed by atoms with E-state index in [4.69, 9.17) is 0 Å². The molecule has 0 radical (unpaired) electrons. The van der Waals surface area contributed by atoms with Crippen LogP contribution in [0.3, 0.4) is 0 Å². The SMILES string of the molecule is CCCn1nc(C)c([N+](=O)[O-])c1NC(C)CS(C)(=O)=O. The van der Waals surface area contributed by atoms with Crippen molar-refractivity contribution in [2.24, 2.45) is 0 Å². The zero-order valence-corrected chi connectivity index (χ0v) is 12.9. The normalized spacial score (nSPS) is 13.2. The first-order valence-corrected chi connectivity index (χ1v) is 8.37. The maximum Gasteiger partial charge on any atom is 0.333 e. The molecule has 1 heterocycles. The van der Waals surface area contributed by atoms with Gasteiger partial charge in [0.1, 0.15) is 15.5 Å². The summed E-state index contributed by atoms with van der Waals surface area (Å²) in [7, 11) is -3.16. The first kappa shape index (κ1) is 16.4. The summed E-state index contributed by atoms with van der Waals surface area (Å²) in [5.41, 5.74) is 0.219. The van der Waals surface area contributed by atoms with E-state index in [-0.39, 0.29) is 17.3 Å². The molecule has 1 atom stereocenters. The lowest BCUT2D eigenvalue weighted by molar-refractivity contribution is -0.384. The number of hydrogen-bond acceptors (Lipinski definition) is 6. The van der Waals surface area contributed by atoms with Gasteiger partial charge in [-0.1, -0.05) is 6.92 Å². The minimum atomic E-state index is -3.16. The molecule has 0 aliphatic heterocycles. The molecule has 8 nitrogen and oxygen atoms in total. The van der Waals surface area contributed by atoms with Crippen molar-refractivity contribution in [2.45, 2.75) is 39.8 Å². The van der Waals surface area contributed by atoms with Gasteiger partial charge in [-0.3, -0.25) is 10.1 Å². The second-order valence-electron chi connectivity index (χ2n) is 4.90. The van der Waals surface area contributed by atoms with Gasteiger partial charge in [0.15, 0.2) is 0 Å². The van der Waals surface area contributed by atoms with Crippen LogP contribution in [-0.2, 0) is 16.4 Å². The number of sulfone groups is 1. The Hall–Kier alpha value is -1.64. The summed E-state index contributed by atoms with van der Waals surface area (Å²) < 4.78 is 24.1. The summed E-state index contributed by atoms with van der Waals surface area (Å²) in [6, 6.07) is -0.435. The largest absolute Gasteiger partial charge is 0.361 e. The van der Waals surface area contributed by atoms with Crippen LogP contribution >= 0.6 is 0 Å². The van der Waals surface area contributed by atoms with Crippen LogP contribution in [0.1, 0.15) is 26.0 Å². The van der Waals surface area contributed by atoms with E-state index in [0.29, 0.717) is 12.2 Å². The Labute approximate surface area is 118 Å². The molecule has 1 N–H and O–H groups in total. The van der Waals surface area contributed by atoms with Gasteiger partial charge >= 0.3 is 5.69 Å². The van der Waals surface area contributed by atoms with E-state index in [2.05, 4.69) is 10.4 Å². The average Bonchev–Trinajstić information content (AvgIpc) is 2.52. The van der Waals surface area contributed by atoms with Crippen LogP contribution in [0.15, 0.2) is 0 Å². The molecule has 0 aliphatic rings. The van der Waals surface area contributed by atoms with Crippen LogP contribution in [0.4, 0.5) is 11.5 Å². The van der Waals surface area contributed by atoms with Crippen molar-refractivity contribution in [3.63, 3.8) is 0 Å². The number of aromatic nitrogens is 2. The molecular weight excluding hydrogens is 284 g/mol. The summed E-state index contributed by atoms with van der Waals surface area (Å²) in [6.07, 6.45) is 1.90. The second kappa shape index (κ2) is 6.21. The van der Waals surface area contributed by atoms with E-state index in [1.165, 1.54) is 4.68 Å². The lowest BCUT2D eigenvalue weighted by Crippen LogP contribution is -2.26. The van der Waals surface area contributed by atoms with Crippen LogP contribution in [0.25, 0.3) is 0 Å².